The Morgan fingerprint density at radius 2 is 2.05 bits per heavy atom. The molecule has 2 N–H and O–H groups in total. The summed E-state index contributed by atoms with van der Waals surface area (Å²) in [6.07, 6.45) is -0.508. The predicted octanol–water partition coefficient (Wildman–Crippen LogP) is 1.20. The van der Waals surface area contributed by atoms with Gasteiger partial charge in [0.05, 0.1) is 12.5 Å². The van der Waals surface area contributed by atoms with Gasteiger partial charge in [0.2, 0.25) is 5.91 Å². The summed E-state index contributed by atoms with van der Waals surface area (Å²) in [5.74, 6) is 0.0462. The normalized spacial score (nSPS) is 18.1. The minimum absolute atomic E-state index is 0.0379. The number of nitrogens with one attached hydrogen (secondary N) is 1. The van der Waals surface area contributed by atoms with E-state index in [2.05, 4.69) is 5.32 Å². The number of rotatable bonds is 5. The van der Waals surface area contributed by atoms with E-state index in [9.17, 15) is 9.59 Å². The van der Waals surface area contributed by atoms with Crippen LogP contribution < -0.4 is 14.8 Å². The van der Waals surface area contributed by atoms with Gasteiger partial charge in [-0.05, 0) is 19.1 Å². The molecule has 2 rings (SSSR count). The second kappa shape index (κ2) is 6.27. The van der Waals surface area contributed by atoms with Crippen LogP contribution >= 0.6 is 0 Å². The number of hydrogen-bond donors (Lipinski definition) is 2. The lowest BCUT2D eigenvalue weighted by Gasteiger charge is -2.30. The van der Waals surface area contributed by atoms with Gasteiger partial charge in [-0.25, -0.2) is 0 Å². The average Bonchev–Trinajstić information content (AvgIpc) is 2.44. The number of ether oxygens (including phenoxy) is 2. The Kier molecular flexibility index (Phi) is 4.45. The van der Waals surface area contributed by atoms with Gasteiger partial charge < -0.3 is 19.9 Å². The fraction of sp³-hybridized carbons (Fsp3) is 0.429. The number of carboxylic acids is 1. The van der Waals surface area contributed by atoms with E-state index in [1.54, 1.807) is 13.0 Å². The smallest absolute Gasteiger partial charge is 0.303 e. The van der Waals surface area contributed by atoms with Gasteiger partial charge in [0, 0.05) is 6.42 Å². The summed E-state index contributed by atoms with van der Waals surface area (Å²) >= 11 is 0. The highest BCUT2D eigenvalue weighted by atomic mass is 16.6. The molecule has 0 fully saturated rings. The Hall–Kier alpha value is -2.24. The highest BCUT2D eigenvalue weighted by molar-refractivity contribution is 5.80. The molecule has 6 nitrogen and oxygen atoms in total. The zero-order chi connectivity index (χ0) is 14.5. The number of para-hydroxylation sites is 2. The summed E-state index contributed by atoms with van der Waals surface area (Å²) < 4.78 is 11.3. The van der Waals surface area contributed by atoms with Crippen LogP contribution in [0.2, 0.25) is 0 Å². The van der Waals surface area contributed by atoms with E-state index < -0.39 is 5.97 Å². The van der Waals surface area contributed by atoms with E-state index in [1.165, 1.54) is 0 Å². The molecule has 0 aliphatic carbocycles. The van der Waals surface area contributed by atoms with Gasteiger partial charge >= 0.3 is 5.97 Å². The van der Waals surface area contributed by atoms with Gasteiger partial charge in [0.25, 0.3) is 0 Å². The van der Waals surface area contributed by atoms with Crippen molar-refractivity contribution < 1.29 is 24.2 Å². The number of carboxylic acid groups (broad SMARTS) is 1. The first-order chi connectivity index (χ1) is 9.56. The highest BCUT2D eigenvalue weighted by Crippen LogP contribution is 2.31. The zero-order valence-corrected chi connectivity index (χ0v) is 11.2. The number of amides is 1. The number of fused-ring (bicyclic) bond motifs is 1. The summed E-state index contributed by atoms with van der Waals surface area (Å²) in [7, 11) is 0. The molecular formula is C14H17NO5. The van der Waals surface area contributed by atoms with Crippen molar-refractivity contribution in [1.29, 1.82) is 0 Å². The van der Waals surface area contributed by atoms with Gasteiger partial charge in [-0.15, -0.1) is 0 Å². The van der Waals surface area contributed by atoms with E-state index in [4.69, 9.17) is 14.6 Å². The molecule has 2 atom stereocenters. The summed E-state index contributed by atoms with van der Waals surface area (Å²) in [5, 5.41) is 11.3. The van der Waals surface area contributed by atoms with Crippen molar-refractivity contribution in [3.05, 3.63) is 24.3 Å². The van der Waals surface area contributed by atoms with Crippen LogP contribution in [0.15, 0.2) is 24.3 Å². The Labute approximate surface area is 116 Å². The van der Waals surface area contributed by atoms with Crippen molar-refractivity contribution >= 4 is 11.9 Å². The summed E-state index contributed by atoms with van der Waals surface area (Å²) in [5.41, 5.74) is 0. The molecule has 1 aliphatic heterocycles. The SMILES string of the molecule is C[C@@H](NC(=O)CCC(=O)O)[C@H]1COc2ccccc2O1. The maximum Gasteiger partial charge on any atom is 0.303 e. The number of carbonyl (C=O) groups is 2. The van der Waals surface area contributed by atoms with Crippen molar-refractivity contribution in [2.24, 2.45) is 0 Å². The lowest BCUT2D eigenvalue weighted by molar-refractivity contribution is -0.139. The molecule has 1 heterocycles. The molecule has 1 aromatic rings. The highest BCUT2D eigenvalue weighted by Gasteiger charge is 2.26. The molecule has 20 heavy (non-hydrogen) atoms. The van der Waals surface area contributed by atoms with Crippen molar-refractivity contribution in [3.63, 3.8) is 0 Å². The number of hydrogen-bond acceptors (Lipinski definition) is 4. The second-order valence-electron chi connectivity index (χ2n) is 4.66. The van der Waals surface area contributed by atoms with Crippen LogP contribution in [0.4, 0.5) is 0 Å². The lowest BCUT2D eigenvalue weighted by atomic mass is 10.1. The Morgan fingerprint density at radius 3 is 2.75 bits per heavy atom. The van der Waals surface area contributed by atoms with E-state index >= 15 is 0 Å². The summed E-state index contributed by atoms with van der Waals surface area (Å²) in [6, 6.07) is 7.08. The van der Waals surface area contributed by atoms with E-state index in [1.807, 2.05) is 18.2 Å². The van der Waals surface area contributed by atoms with Crippen molar-refractivity contribution in [1.82, 2.24) is 5.32 Å². The van der Waals surface area contributed by atoms with Gasteiger partial charge in [0.15, 0.2) is 17.6 Å². The molecule has 0 aromatic heterocycles. The van der Waals surface area contributed by atoms with Crippen LogP contribution in [-0.4, -0.2) is 35.7 Å². The van der Waals surface area contributed by atoms with E-state index in [0.717, 1.165) is 0 Å². The Morgan fingerprint density at radius 1 is 1.35 bits per heavy atom. The van der Waals surface area contributed by atoms with Crippen LogP contribution in [0.1, 0.15) is 19.8 Å². The molecule has 0 spiro atoms. The van der Waals surface area contributed by atoms with Crippen LogP contribution in [-0.2, 0) is 9.59 Å². The third kappa shape index (κ3) is 3.63. The largest absolute Gasteiger partial charge is 0.486 e. The van der Waals surface area contributed by atoms with Crippen molar-refractivity contribution in [2.75, 3.05) is 6.61 Å². The molecule has 1 aromatic carbocycles. The molecule has 0 radical (unpaired) electrons. The van der Waals surface area contributed by atoms with Crippen LogP contribution in [0.5, 0.6) is 11.5 Å². The second-order valence-corrected chi connectivity index (χ2v) is 4.66. The van der Waals surface area contributed by atoms with Crippen LogP contribution in [0, 0.1) is 0 Å². The lowest BCUT2D eigenvalue weighted by Crippen LogP contribution is -2.48. The monoisotopic (exact) mass is 279 g/mol. The molecule has 0 saturated carbocycles. The number of carbonyl (C=O) groups excluding carboxylic acids is 1. The van der Waals surface area contributed by atoms with Crippen molar-refractivity contribution in [2.45, 2.75) is 31.9 Å². The fourth-order valence-corrected chi connectivity index (χ4v) is 1.92. The first-order valence-corrected chi connectivity index (χ1v) is 6.46. The van der Waals surface area contributed by atoms with Crippen LogP contribution in [0.25, 0.3) is 0 Å². The predicted molar refractivity (Wildman–Crippen MR) is 70.8 cm³/mol. The van der Waals surface area contributed by atoms with Gasteiger partial charge in [-0.1, -0.05) is 12.1 Å². The minimum Gasteiger partial charge on any atom is -0.486 e. The molecule has 6 heteroatoms. The topological polar surface area (TPSA) is 84.9 Å². The summed E-state index contributed by atoms with van der Waals surface area (Å²) in [6.45, 7) is 2.15. The Bertz CT molecular complexity index is 502. The quantitative estimate of drug-likeness (QED) is 0.846. The molecular weight excluding hydrogens is 262 g/mol. The maximum absolute atomic E-state index is 11.6. The molecule has 1 amide bonds. The molecule has 0 saturated heterocycles. The third-order valence-electron chi connectivity index (χ3n) is 3.04. The summed E-state index contributed by atoms with van der Waals surface area (Å²) in [4.78, 5) is 22.0. The molecule has 108 valence electrons. The molecule has 0 bridgehead atoms. The van der Waals surface area contributed by atoms with Gasteiger partial charge in [0.1, 0.15) is 6.61 Å². The van der Waals surface area contributed by atoms with E-state index in [-0.39, 0.29) is 30.9 Å². The first kappa shape index (κ1) is 14.2. The molecule has 1 aliphatic rings. The number of benzene rings is 1. The van der Waals surface area contributed by atoms with Crippen LogP contribution in [0.3, 0.4) is 0 Å². The standard InChI is InChI=1S/C14H17NO5/c1-9(15-13(16)6-7-14(17)18)12-8-19-10-4-2-3-5-11(10)20-12/h2-5,9,12H,6-8H2,1H3,(H,15,16)(H,17,18)/t9-,12-/m1/s1. The number of aliphatic carboxylic acids is 1. The minimum atomic E-state index is -0.987. The molecule has 0 unspecified atom stereocenters. The first-order valence-electron chi connectivity index (χ1n) is 6.46. The van der Waals surface area contributed by atoms with Gasteiger partial charge in [-0.3, -0.25) is 9.59 Å². The van der Waals surface area contributed by atoms with Gasteiger partial charge in [-0.2, -0.15) is 0 Å². The zero-order valence-electron chi connectivity index (χ0n) is 11.2. The fourth-order valence-electron chi connectivity index (χ4n) is 1.92. The maximum atomic E-state index is 11.6. The third-order valence-corrected chi connectivity index (χ3v) is 3.04. The van der Waals surface area contributed by atoms with Crippen molar-refractivity contribution in [3.8, 4) is 11.5 Å². The Balaban J connectivity index is 1.86. The van der Waals surface area contributed by atoms with E-state index in [0.29, 0.717) is 18.1 Å². The average molecular weight is 279 g/mol.